The lowest BCUT2D eigenvalue weighted by atomic mass is 10.3. The second-order valence-electron chi connectivity index (χ2n) is 5.50. The predicted molar refractivity (Wildman–Crippen MR) is 87.2 cm³/mol. The maximum Gasteiger partial charge on any atom is 0.332 e. The molecule has 2 N–H and O–H groups in total. The second kappa shape index (κ2) is 6.91. The molecule has 7 nitrogen and oxygen atoms in total. The summed E-state index contributed by atoms with van der Waals surface area (Å²) in [4.78, 5) is 29.9. The van der Waals surface area contributed by atoms with Crippen molar-refractivity contribution in [1.82, 2.24) is 18.7 Å². The first-order chi connectivity index (χ1) is 10.6. The zero-order valence-corrected chi connectivity index (χ0v) is 13.6. The van der Waals surface area contributed by atoms with Gasteiger partial charge in [0.05, 0.1) is 0 Å². The van der Waals surface area contributed by atoms with Crippen molar-refractivity contribution in [1.29, 1.82) is 0 Å². The predicted octanol–water partition coefficient (Wildman–Crippen LogP) is 0.608. The largest absolute Gasteiger partial charge is 0.332 e. The second-order valence-corrected chi connectivity index (χ2v) is 5.50. The zero-order valence-electron chi connectivity index (χ0n) is 13.6. The van der Waals surface area contributed by atoms with Crippen LogP contribution in [0.4, 0.5) is 0 Å². The normalized spacial score (nSPS) is 11.5. The number of imidazole rings is 1. The molecule has 0 fully saturated rings. The molecule has 2 rings (SSSR count). The van der Waals surface area contributed by atoms with E-state index < -0.39 is 0 Å². The Balaban J connectivity index is 2.77. The number of hydrogen-bond acceptors (Lipinski definition) is 4. The molecule has 2 aromatic heterocycles. The SMILES string of the molecule is CCCCn1c(=O)n(CCCN)c(=O)c2c1nc(CC)n2C. The summed E-state index contributed by atoms with van der Waals surface area (Å²) in [6.45, 7) is 5.44. The van der Waals surface area contributed by atoms with Gasteiger partial charge in [0.15, 0.2) is 11.2 Å². The van der Waals surface area contributed by atoms with Crippen molar-refractivity contribution in [3.63, 3.8) is 0 Å². The molecule has 0 saturated carbocycles. The molecule has 0 radical (unpaired) electrons. The van der Waals surface area contributed by atoms with Crippen LogP contribution in [-0.2, 0) is 26.6 Å². The molecular weight excluding hydrogens is 282 g/mol. The summed E-state index contributed by atoms with van der Waals surface area (Å²) in [6.07, 6.45) is 3.17. The first-order valence-electron chi connectivity index (χ1n) is 7.95. The lowest BCUT2D eigenvalue weighted by Gasteiger charge is -2.11. The summed E-state index contributed by atoms with van der Waals surface area (Å²) in [5.74, 6) is 0.813. The topological polar surface area (TPSA) is 87.8 Å². The van der Waals surface area contributed by atoms with Gasteiger partial charge in [-0.1, -0.05) is 20.3 Å². The number of aromatic nitrogens is 4. The number of nitrogens with zero attached hydrogens (tertiary/aromatic N) is 4. The molecule has 7 heteroatoms. The van der Waals surface area contributed by atoms with Crippen LogP contribution in [0.1, 0.15) is 38.9 Å². The minimum atomic E-state index is -0.278. The summed E-state index contributed by atoms with van der Waals surface area (Å²) in [5.41, 5.74) is 5.99. The summed E-state index contributed by atoms with van der Waals surface area (Å²) >= 11 is 0. The third-order valence-electron chi connectivity index (χ3n) is 3.97. The minimum absolute atomic E-state index is 0.268. The molecule has 0 aliphatic rings. The zero-order chi connectivity index (χ0) is 16.3. The Kier molecular flexibility index (Phi) is 5.18. The quantitative estimate of drug-likeness (QED) is 0.811. The van der Waals surface area contributed by atoms with Crippen molar-refractivity contribution < 1.29 is 0 Å². The van der Waals surface area contributed by atoms with Gasteiger partial charge in [-0.3, -0.25) is 13.9 Å². The van der Waals surface area contributed by atoms with Crippen molar-refractivity contribution in [2.75, 3.05) is 6.54 Å². The molecule has 0 aliphatic carbocycles. The van der Waals surface area contributed by atoms with Gasteiger partial charge >= 0.3 is 5.69 Å². The standard InChI is InChI=1S/C15H25N5O2/c1-4-6-9-19-13-12(18(3)11(5-2)17-13)14(21)20(15(19)22)10-7-8-16/h4-10,16H2,1-3H3. The average molecular weight is 307 g/mol. The number of rotatable bonds is 7. The third-order valence-corrected chi connectivity index (χ3v) is 3.97. The molecule has 2 aromatic rings. The number of nitrogens with two attached hydrogens (primary N) is 1. The fraction of sp³-hybridized carbons (Fsp3) is 0.667. The highest BCUT2D eigenvalue weighted by Gasteiger charge is 2.18. The number of hydrogen-bond donors (Lipinski definition) is 1. The van der Waals surface area contributed by atoms with Crippen LogP contribution in [-0.4, -0.2) is 25.2 Å². The first-order valence-corrected chi connectivity index (χ1v) is 7.95. The molecule has 0 aliphatic heterocycles. The molecule has 0 aromatic carbocycles. The van der Waals surface area contributed by atoms with Gasteiger partial charge in [-0.25, -0.2) is 9.78 Å². The molecule has 22 heavy (non-hydrogen) atoms. The molecule has 0 bridgehead atoms. The van der Waals surface area contributed by atoms with E-state index >= 15 is 0 Å². The van der Waals surface area contributed by atoms with E-state index in [-0.39, 0.29) is 11.2 Å². The molecule has 0 amide bonds. The van der Waals surface area contributed by atoms with Crippen LogP contribution in [0.25, 0.3) is 11.2 Å². The van der Waals surface area contributed by atoms with Crippen LogP contribution in [0.5, 0.6) is 0 Å². The Morgan fingerprint density at radius 1 is 1.09 bits per heavy atom. The highest BCUT2D eigenvalue weighted by molar-refractivity contribution is 5.71. The molecule has 0 atom stereocenters. The van der Waals surface area contributed by atoms with Gasteiger partial charge in [0, 0.05) is 26.6 Å². The Morgan fingerprint density at radius 2 is 1.77 bits per heavy atom. The van der Waals surface area contributed by atoms with Crippen LogP contribution in [0, 0.1) is 0 Å². The summed E-state index contributed by atoms with van der Waals surface area (Å²) in [5, 5.41) is 0. The van der Waals surface area contributed by atoms with Gasteiger partial charge in [0.1, 0.15) is 5.82 Å². The van der Waals surface area contributed by atoms with Gasteiger partial charge in [-0.15, -0.1) is 0 Å². The minimum Gasteiger partial charge on any atom is -0.330 e. The van der Waals surface area contributed by atoms with E-state index in [0.29, 0.717) is 37.2 Å². The number of aryl methyl sites for hydroxylation is 3. The number of fused-ring (bicyclic) bond motifs is 1. The van der Waals surface area contributed by atoms with Crippen LogP contribution < -0.4 is 17.0 Å². The molecular formula is C15H25N5O2. The van der Waals surface area contributed by atoms with Crippen LogP contribution in [0.2, 0.25) is 0 Å². The highest BCUT2D eigenvalue weighted by Crippen LogP contribution is 2.11. The van der Waals surface area contributed by atoms with E-state index in [2.05, 4.69) is 11.9 Å². The third kappa shape index (κ3) is 2.72. The van der Waals surface area contributed by atoms with Crippen LogP contribution in [0.15, 0.2) is 9.59 Å². The van der Waals surface area contributed by atoms with Crippen molar-refractivity contribution in [2.45, 2.75) is 52.6 Å². The Hall–Kier alpha value is -1.89. The van der Waals surface area contributed by atoms with Gasteiger partial charge in [0.25, 0.3) is 5.56 Å². The summed E-state index contributed by atoms with van der Waals surface area (Å²) in [6, 6.07) is 0. The number of unbranched alkanes of at least 4 members (excludes halogenated alkanes) is 1. The van der Waals surface area contributed by atoms with Gasteiger partial charge < -0.3 is 10.3 Å². The maximum atomic E-state index is 12.7. The van der Waals surface area contributed by atoms with Crippen molar-refractivity contribution in [2.24, 2.45) is 12.8 Å². The monoisotopic (exact) mass is 307 g/mol. The van der Waals surface area contributed by atoms with Gasteiger partial charge in [-0.2, -0.15) is 0 Å². The smallest absolute Gasteiger partial charge is 0.330 e. The molecule has 0 spiro atoms. The lowest BCUT2D eigenvalue weighted by Crippen LogP contribution is -2.41. The fourth-order valence-corrected chi connectivity index (χ4v) is 2.69. The Bertz CT molecular complexity index is 769. The van der Waals surface area contributed by atoms with E-state index in [1.807, 2.05) is 14.0 Å². The van der Waals surface area contributed by atoms with Crippen LogP contribution >= 0.6 is 0 Å². The van der Waals surface area contributed by atoms with Gasteiger partial charge in [0.2, 0.25) is 0 Å². The molecule has 0 saturated heterocycles. The van der Waals surface area contributed by atoms with Crippen molar-refractivity contribution in [3.05, 3.63) is 26.7 Å². The van der Waals surface area contributed by atoms with E-state index in [0.717, 1.165) is 25.1 Å². The van der Waals surface area contributed by atoms with E-state index in [9.17, 15) is 9.59 Å². The Morgan fingerprint density at radius 3 is 2.36 bits per heavy atom. The lowest BCUT2D eigenvalue weighted by molar-refractivity contribution is 0.535. The van der Waals surface area contributed by atoms with Crippen molar-refractivity contribution in [3.8, 4) is 0 Å². The van der Waals surface area contributed by atoms with E-state index in [1.54, 1.807) is 9.13 Å². The van der Waals surface area contributed by atoms with E-state index in [4.69, 9.17) is 5.73 Å². The fourth-order valence-electron chi connectivity index (χ4n) is 2.69. The Labute approximate surface area is 129 Å². The molecule has 122 valence electrons. The van der Waals surface area contributed by atoms with Crippen molar-refractivity contribution >= 4 is 11.2 Å². The maximum absolute atomic E-state index is 12.7. The average Bonchev–Trinajstić information content (AvgIpc) is 2.84. The van der Waals surface area contributed by atoms with Gasteiger partial charge in [-0.05, 0) is 19.4 Å². The summed E-state index contributed by atoms with van der Waals surface area (Å²) in [7, 11) is 1.83. The summed E-state index contributed by atoms with van der Waals surface area (Å²) < 4.78 is 4.74. The highest BCUT2D eigenvalue weighted by atomic mass is 16.2. The first kappa shape index (κ1) is 16.5. The van der Waals surface area contributed by atoms with E-state index in [1.165, 1.54) is 4.57 Å². The molecule has 2 heterocycles. The van der Waals surface area contributed by atoms with Crippen LogP contribution in [0.3, 0.4) is 0 Å². The molecule has 0 unspecified atom stereocenters.